The molecule has 2 aromatic carbocycles. The van der Waals surface area contributed by atoms with Crippen molar-refractivity contribution < 1.29 is 28.9 Å². The lowest BCUT2D eigenvalue weighted by molar-refractivity contribution is -2.00. The van der Waals surface area contributed by atoms with Gasteiger partial charge in [0.05, 0.1) is 10.9 Å². The van der Waals surface area contributed by atoms with Crippen molar-refractivity contribution in [2.75, 3.05) is 5.75 Å². The topological polar surface area (TPSA) is 92.2 Å². The third-order valence-electron chi connectivity index (χ3n) is 2.90. The van der Waals surface area contributed by atoms with E-state index in [1.54, 1.807) is 0 Å². The summed E-state index contributed by atoms with van der Waals surface area (Å²) in [5.74, 6) is 1.18. The van der Waals surface area contributed by atoms with Gasteiger partial charge in [0.15, 0.2) is 9.79 Å². The summed E-state index contributed by atoms with van der Waals surface area (Å²) in [5, 5.41) is 1.58. The maximum absolute atomic E-state index is 8.49. The second-order valence-corrected chi connectivity index (χ2v) is 8.50. The monoisotopic (exact) mass is 410 g/mol. The van der Waals surface area contributed by atoms with Crippen molar-refractivity contribution in [1.82, 2.24) is 0 Å². The third-order valence-corrected chi connectivity index (χ3v) is 5.78. The van der Waals surface area contributed by atoms with Crippen molar-refractivity contribution in [1.29, 1.82) is 0 Å². The first-order valence-corrected chi connectivity index (χ1v) is 10.4. The van der Waals surface area contributed by atoms with Crippen LogP contribution in [0.25, 0.3) is 0 Å². The number of rotatable bonds is 5. The van der Waals surface area contributed by atoms with Crippen LogP contribution in [-0.4, -0.2) is 5.75 Å². The van der Waals surface area contributed by atoms with Crippen molar-refractivity contribution in [3.63, 3.8) is 0 Å². The van der Waals surface area contributed by atoms with E-state index in [0.717, 1.165) is 10.0 Å². The molecule has 0 aliphatic rings. The molecule has 0 heterocycles. The Bertz CT molecular complexity index is 549. The lowest BCUT2D eigenvalue weighted by Crippen LogP contribution is -2.68. The first kappa shape index (κ1) is 21.5. The average molecular weight is 412 g/mol. The minimum Gasteiger partial charge on any atom is -0.222 e. The summed E-state index contributed by atoms with van der Waals surface area (Å²) in [5.41, 5.74) is 0. The molecule has 4 nitrogen and oxygen atoms in total. The molecule has 0 bridgehead atoms. The van der Waals surface area contributed by atoms with Crippen molar-refractivity contribution in [3.8, 4) is 0 Å². The summed E-state index contributed by atoms with van der Waals surface area (Å²) in [6.07, 6.45) is 2.44. The van der Waals surface area contributed by atoms with E-state index < -0.39 is 10.2 Å². The van der Waals surface area contributed by atoms with Gasteiger partial charge >= 0.3 is 0 Å². The second-order valence-electron chi connectivity index (χ2n) is 4.73. The van der Waals surface area contributed by atoms with Gasteiger partial charge in [-0.2, -0.15) is 0 Å². The highest BCUT2D eigenvalue weighted by molar-refractivity contribution is 7.97. The molecule has 0 aliphatic heterocycles. The summed E-state index contributed by atoms with van der Waals surface area (Å²) in [6, 6.07) is 16.4. The van der Waals surface area contributed by atoms with Gasteiger partial charge in [-0.3, -0.25) is 0 Å². The van der Waals surface area contributed by atoms with Gasteiger partial charge in [0.2, 0.25) is 0 Å². The van der Waals surface area contributed by atoms with Crippen LogP contribution in [0.4, 0.5) is 0 Å². The molecule has 2 aromatic rings. The van der Waals surface area contributed by atoms with Crippen LogP contribution in [0.15, 0.2) is 58.3 Å². The summed E-state index contributed by atoms with van der Waals surface area (Å²) >= 11 is 11.9. The van der Waals surface area contributed by atoms with E-state index in [9.17, 15) is 0 Å². The highest BCUT2D eigenvalue weighted by atomic mass is 35.7. The van der Waals surface area contributed by atoms with E-state index in [0.29, 0.717) is 0 Å². The molecule has 0 radical (unpaired) electrons. The minimum atomic E-state index is -4.94. The Morgan fingerprint density at radius 3 is 1.42 bits per heavy atom. The van der Waals surface area contributed by atoms with Gasteiger partial charge in [0, 0.05) is 10.0 Å². The maximum atomic E-state index is 8.49. The smallest absolute Gasteiger partial charge is 0.160 e. The van der Waals surface area contributed by atoms with Crippen molar-refractivity contribution in [2.45, 2.75) is 29.6 Å². The fourth-order valence-electron chi connectivity index (χ4n) is 1.86. The Morgan fingerprint density at radius 2 is 1.12 bits per heavy atom. The van der Waals surface area contributed by atoms with E-state index >= 15 is 0 Å². The zero-order chi connectivity index (χ0) is 18.2. The van der Waals surface area contributed by atoms with E-state index in [4.69, 9.17) is 41.8 Å². The quantitative estimate of drug-likeness (QED) is 0.688. The first-order chi connectivity index (χ1) is 11.2. The van der Waals surface area contributed by atoms with Gasteiger partial charge in [-0.1, -0.05) is 36.5 Å². The number of hydrogen-bond acceptors (Lipinski definition) is 4. The van der Waals surface area contributed by atoms with Crippen LogP contribution in [0.1, 0.15) is 19.8 Å². The van der Waals surface area contributed by atoms with Gasteiger partial charge in [-0.15, -0.1) is 10.2 Å². The molecular weight excluding hydrogens is 395 g/mol. The molecule has 0 unspecified atom stereocenters. The molecule has 0 aliphatic carbocycles. The normalized spacial score (nSPS) is 11.2. The van der Waals surface area contributed by atoms with Gasteiger partial charge < -0.3 is 0 Å². The predicted octanol–water partition coefficient (Wildman–Crippen LogP) is 1.07. The molecule has 0 fully saturated rings. The molecule has 8 heteroatoms. The molecule has 2 rings (SSSR count). The van der Waals surface area contributed by atoms with Crippen LogP contribution in [0, 0.1) is 10.2 Å². The van der Waals surface area contributed by atoms with Crippen LogP contribution in [-0.2, 0) is 10.9 Å². The molecule has 0 N–H and O–H groups in total. The molecule has 0 saturated carbocycles. The van der Waals surface area contributed by atoms with Crippen molar-refractivity contribution in [3.05, 3.63) is 58.6 Å². The van der Waals surface area contributed by atoms with Gasteiger partial charge in [0.1, 0.15) is 5.75 Å². The molecule has 132 valence electrons. The zero-order valence-electron chi connectivity index (χ0n) is 12.9. The van der Waals surface area contributed by atoms with Gasteiger partial charge in [-0.25, -0.2) is 18.6 Å². The van der Waals surface area contributed by atoms with E-state index in [1.807, 2.05) is 24.3 Å². The first-order valence-electron chi connectivity index (χ1n) is 7.04. The van der Waals surface area contributed by atoms with E-state index in [1.165, 1.54) is 28.4 Å². The highest BCUT2D eigenvalue weighted by Gasteiger charge is 2.24. The van der Waals surface area contributed by atoms with E-state index in [2.05, 4.69) is 31.2 Å². The summed E-state index contributed by atoms with van der Waals surface area (Å²) in [4.78, 5) is 2.69. The summed E-state index contributed by atoms with van der Waals surface area (Å²) in [6.45, 7) is 2.23. The second kappa shape index (κ2) is 10.5. The van der Waals surface area contributed by atoms with Crippen molar-refractivity contribution in [2.24, 2.45) is 0 Å². The lowest BCUT2D eigenvalue weighted by Gasteiger charge is -2.17. The predicted molar refractivity (Wildman–Crippen MR) is 86.6 cm³/mol. The Labute approximate surface area is 156 Å². The fraction of sp³-hybridized carbons (Fsp3) is 0.250. The molecule has 0 amide bonds. The van der Waals surface area contributed by atoms with Crippen molar-refractivity contribution >= 4 is 34.1 Å². The van der Waals surface area contributed by atoms with E-state index in [-0.39, 0.29) is 10.9 Å². The molecule has 0 spiro atoms. The third kappa shape index (κ3) is 9.11. The number of benzene rings is 2. The SMILES string of the molecule is CCCC[S+](c1ccc(Cl)cc1)c1ccc(Cl)cc1.[O-][Cl+3]([O-])([O-])[O-]. The molecular formula is C16H17Cl3O4S. The van der Waals surface area contributed by atoms with Gasteiger partial charge in [-0.05, 0) is 55.0 Å². The standard InChI is InChI=1S/C16H17Cl2S.ClHO4/c1-2-3-12-19(15-8-4-13(17)5-9-15)16-10-6-14(18)7-11-16;2-1(3,4)5/h4-11H,2-3,12H2,1H3;(H,2,3,4,5)/q+1;/p-1. The van der Waals surface area contributed by atoms with Crippen LogP contribution < -0.4 is 18.6 Å². The average Bonchev–Trinajstić information content (AvgIpc) is 2.49. The highest BCUT2D eigenvalue weighted by Crippen LogP contribution is 2.27. The van der Waals surface area contributed by atoms with Crippen LogP contribution >= 0.6 is 23.2 Å². The Hall–Kier alpha value is -0.500. The fourth-order valence-corrected chi connectivity index (χ4v) is 4.36. The Morgan fingerprint density at radius 1 is 0.792 bits per heavy atom. The lowest BCUT2D eigenvalue weighted by atomic mass is 10.4. The zero-order valence-corrected chi connectivity index (χ0v) is 16.0. The van der Waals surface area contributed by atoms with Gasteiger partial charge in [0.25, 0.3) is 0 Å². The molecule has 0 aromatic heterocycles. The summed E-state index contributed by atoms with van der Waals surface area (Å²) < 4.78 is 34.0. The largest absolute Gasteiger partial charge is 0.222 e. The molecule has 0 saturated heterocycles. The number of hydrogen-bond donors (Lipinski definition) is 0. The van der Waals surface area contributed by atoms with Crippen LogP contribution in [0.2, 0.25) is 10.0 Å². The number of halogens is 3. The van der Waals surface area contributed by atoms with Crippen LogP contribution in [0.3, 0.4) is 0 Å². The molecule has 0 atom stereocenters. The maximum Gasteiger partial charge on any atom is 0.160 e. The van der Waals surface area contributed by atoms with Crippen LogP contribution in [0.5, 0.6) is 0 Å². The Balaban J connectivity index is 0.000000505. The summed E-state index contributed by atoms with van der Waals surface area (Å²) in [7, 11) is -4.83. The number of unbranched alkanes of at least 4 members (excludes halogenated alkanes) is 1. The minimum absolute atomic E-state index is 0.115. The molecule has 24 heavy (non-hydrogen) atoms. The Kier molecular flexibility index (Phi) is 9.41.